The maximum atomic E-state index is 12.9. The number of anilines is 1. The van der Waals surface area contributed by atoms with Gasteiger partial charge in [0.25, 0.3) is 5.91 Å². The van der Waals surface area contributed by atoms with Gasteiger partial charge in [-0.1, -0.05) is 6.07 Å². The van der Waals surface area contributed by atoms with Crippen molar-refractivity contribution in [3.8, 4) is 5.75 Å². The molecular formula is C21H25FN2O4. The van der Waals surface area contributed by atoms with Crippen LogP contribution in [0.4, 0.5) is 14.9 Å². The van der Waals surface area contributed by atoms with Gasteiger partial charge in [0.15, 0.2) is 0 Å². The van der Waals surface area contributed by atoms with Gasteiger partial charge in [-0.25, -0.2) is 9.18 Å². The molecule has 0 aliphatic rings. The van der Waals surface area contributed by atoms with Crippen molar-refractivity contribution in [2.24, 2.45) is 0 Å². The summed E-state index contributed by atoms with van der Waals surface area (Å²) >= 11 is 0. The summed E-state index contributed by atoms with van der Waals surface area (Å²) in [5.41, 5.74) is 0.288. The molecule has 0 fully saturated rings. The highest BCUT2D eigenvalue weighted by molar-refractivity contribution is 5.96. The summed E-state index contributed by atoms with van der Waals surface area (Å²) in [6, 6.07) is 12.3. The fourth-order valence-electron chi connectivity index (χ4n) is 2.30. The number of nitrogens with zero attached hydrogens (tertiary/aromatic N) is 1. The number of hydrogen-bond donors (Lipinski definition) is 1. The van der Waals surface area contributed by atoms with E-state index in [1.54, 1.807) is 52.1 Å². The van der Waals surface area contributed by atoms with E-state index in [0.29, 0.717) is 23.5 Å². The third-order valence-electron chi connectivity index (χ3n) is 3.61. The summed E-state index contributed by atoms with van der Waals surface area (Å²) < 4.78 is 23.6. The normalized spacial score (nSPS) is 10.9. The summed E-state index contributed by atoms with van der Waals surface area (Å²) in [5.74, 6) is -0.0131. The lowest BCUT2D eigenvalue weighted by Gasteiger charge is -2.20. The molecule has 0 radical (unpaired) electrons. The first-order valence-corrected chi connectivity index (χ1v) is 8.88. The predicted molar refractivity (Wildman–Crippen MR) is 105 cm³/mol. The summed E-state index contributed by atoms with van der Waals surface area (Å²) in [7, 11) is 1.66. The minimum atomic E-state index is -0.609. The number of likely N-dealkylation sites (N-methyl/N-ethyl adjacent to an activating group) is 1. The van der Waals surface area contributed by atoms with Crippen LogP contribution in [0.25, 0.3) is 0 Å². The molecule has 150 valence electrons. The molecule has 0 saturated carbocycles. The van der Waals surface area contributed by atoms with Gasteiger partial charge in [0, 0.05) is 18.3 Å². The number of nitrogens with one attached hydrogen (secondary N) is 1. The van der Waals surface area contributed by atoms with E-state index in [-0.39, 0.29) is 18.3 Å². The molecular weight excluding hydrogens is 363 g/mol. The van der Waals surface area contributed by atoms with Crippen molar-refractivity contribution in [3.63, 3.8) is 0 Å². The van der Waals surface area contributed by atoms with E-state index >= 15 is 0 Å². The summed E-state index contributed by atoms with van der Waals surface area (Å²) in [4.78, 5) is 26.0. The van der Waals surface area contributed by atoms with E-state index in [0.717, 1.165) is 0 Å². The molecule has 2 aromatic rings. The van der Waals surface area contributed by atoms with E-state index in [2.05, 4.69) is 5.32 Å². The van der Waals surface area contributed by atoms with E-state index in [1.165, 1.54) is 29.2 Å². The minimum Gasteiger partial charge on any atom is -0.492 e. The van der Waals surface area contributed by atoms with Crippen molar-refractivity contribution in [1.82, 2.24) is 4.90 Å². The number of rotatable bonds is 6. The minimum absolute atomic E-state index is 0.212. The molecule has 28 heavy (non-hydrogen) atoms. The van der Waals surface area contributed by atoms with Crippen molar-refractivity contribution < 1.29 is 23.5 Å². The largest absolute Gasteiger partial charge is 0.492 e. The first-order valence-electron chi connectivity index (χ1n) is 8.88. The standard InChI is InChI=1S/C21H25FN2O4/c1-21(2,3)28-20(26)23-17-7-5-6-15(14-17)19(25)24(4)12-13-27-18-10-8-16(22)9-11-18/h5-11,14H,12-13H2,1-4H3,(H,23,26). The van der Waals surface area contributed by atoms with Gasteiger partial charge >= 0.3 is 6.09 Å². The van der Waals surface area contributed by atoms with E-state index in [4.69, 9.17) is 9.47 Å². The van der Waals surface area contributed by atoms with Crippen molar-refractivity contribution in [2.45, 2.75) is 26.4 Å². The van der Waals surface area contributed by atoms with Crippen molar-refractivity contribution in [1.29, 1.82) is 0 Å². The Kier molecular flexibility index (Phi) is 6.98. The highest BCUT2D eigenvalue weighted by Gasteiger charge is 2.17. The Morgan fingerprint density at radius 2 is 1.79 bits per heavy atom. The fourth-order valence-corrected chi connectivity index (χ4v) is 2.30. The van der Waals surface area contributed by atoms with Gasteiger partial charge in [0.1, 0.15) is 23.8 Å². The fraction of sp³-hybridized carbons (Fsp3) is 0.333. The Labute approximate surface area is 164 Å². The van der Waals surface area contributed by atoms with Crippen molar-refractivity contribution in [3.05, 3.63) is 59.9 Å². The lowest BCUT2D eigenvalue weighted by atomic mass is 10.1. The molecule has 0 unspecified atom stereocenters. The van der Waals surface area contributed by atoms with Crippen LogP contribution in [0.2, 0.25) is 0 Å². The second-order valence-electron chi connectivity index (χ2n) is 7.24. The number of ether oxygens (including phenoxy) is 2. The number of hydrogen-bond acceptors (Lipinski definition) is 4. The zero-order valence-electron chi connectivity index (χ0n) is 16.5. The lowest BCUT2D eigenvalue weighted by Crippen LogP contribution is -2.31. The van der Waals surface area contributed by atoms with Crippen LogP contribution in [-0.4, -0.2) is 42.7 Å². The molecule has 0 heterocycles. The Morgan fingerprint density at radius 3 is 2.43 bits per heavy atom. The predicted octanol–water partition coefficient (Wildman–Crippen LogP) is 4.32. The Morgan fingerprint density at radius 1 is 1.11 bits per heavy atom. The lowest BCUT2D eigenvalue weighted by molar-refractivity contribution is 0.0635. The molecule has 0 spiro atoms. The summed E-state index contributed by atoms with van der Waals surface area (Å²) in [6.45, 7) is 5.93. The van der Waals surface area contributed by atoms with Crippen LogP contribution in [0.5, 0.6) is 5.75 Å². The number of halogens is 1. The zero-order valence-corrected chi connectivity index (χ0v) is 16.5. The average Bonchev–Trinajstić information content (AvgIpc) is 2.61. The molecule has 0 saturated heterocycles. The molecule has 0 aliphatic heterocycles. The molecule has 2 amide bonds. The van der Waals surface area contributed by atoms with Gasteiger partial charge in [-0.15, -0.1) is 0 Å². The first kappa shape index (κ1) is 21.2. The number of amides is 2. The molecule has 0 aliphatic carbocycles. The van der Waals surface area contributed by atoms with Crippen molar-refractivity contribution >= 4 is 17.7 Å². The van der Waals surface area contributed by atoms with Crippen LogP contribution in [-0.2, 0) is 4.74 Å². The van der Waals surface area contributed by atoms with E-state index in [9.17, 15) is 14.0 Å². The highest BCUT2D eigenvalue weighted by Crippen LogP contribution is 2.15. The molecule has 0 atom stereocenters. The maximum absolute atomic E-state index is 12.9. The molecule has 0 aromatic heterocycles. The third-order valence-corrected chi connectivity index (χ3v) is 3.61. The number of carbonyl (C=O) groups excluding carboxylic acids is 2. The molecule has 7 heteroatoms. The van der Waals surface area contributed by atoms with Gasteiger partial charge in [-0.3, -0.25) is 10.1 Å². The Balaban J connectivity index is 1.90. The third kappa shape index (κ3) is 6.90. The molecule has 6 nitrogen and oxygen atoms in total. The second-order valence-corrected chi connectivity index (χ2v) is 7.24. The van der Waals surface area contributed by atoms with Gasteiger partial charge in [0.05, 0.1) is 6.54 Å². The molecule has 0 bridgehead atoms. The van der Waals surface area contributed by atoms with Gasteiger partial charge in [0.2, 0.25) is 0 Å². The van der Waals surface area contributed by atoms with Crippen molar-refractivity contribution in [2.75, 3.05) is 25.5 Å². The van der Waals surface area contributed by atoms with Crippen LogP contribution >= 0.6 is 0 Å². The van der Waals surface area contributed by atoms with Gasteiger partial charge < -0.3 is 14.4 Å². The van der Waals surface area contributed by atoms with Crippen LogP contribution in [0.1, 0.15) is 31.1 Å². The number of benzene rings is 2. The first-order chi connectivity index (χ1) is 13.1. The smallest absolute Gasteiger partial charge is 0.412 e. The number of carbonyl (C=O) groups is 2. The SMILES string of the molecule is CN(CCOc1ccc(F)cc1)C(=O)c1cccc(NC(=O)OC(C)(C)C)c1. The average molecular weight is 388 g/mol. The summed E-state index contributed by atoms with van der Waals surface area (Å²) in [5, 5.41) is 2.61. The molecule has 2 aromatic carbocycles. The quantitative estimate of drug-likeness (QED) is 0.800. The highest BCUT2D eigenvalue weighted by atomic mass is 19.1. The topological polar surface area (TPSA) is 67.9 Å². The maximum Gasteiger partial charge on any atom is 0.412 e. The Bertz CT molecular complexity index is 816. The second kappa shape index (κ2) is 9.21. The van der Waals surface area contributed by atoms with Crippen LogP contribution in [0.15, 0.2) is 48.5 Å². The zero-order chi connectivity index (χ0) is 20.7. The Hall–Kier alpha value is -3.09. The van der Waals surface area contributed by atoms with E-state index < -0.39 is 11.7 Å². The van der Waals surface area contributed by atoms with Gasteiger partial charge in [-0.2, -0.15) is 0 Å². The van der Waals surface area contributed by atoms with Crippen LogP contribution < -0.4 is 10.1 Å². The molecule has 2 rings (SSSR count). The van der Waals surface area contributed by atoms with E-state index in [1.807, 2.05) is 0 Å². The monoisotopic (exact) mass is 388 g/mol. The van der Waals surface area contributed by atoms with Crippen LogP contribution in [0, 0.1) is 5.82 Å². The van der Waals surface area contributed by atoms with Gasteiger partial charge in [-0.05, 0) is 63.2 Å². The van der Waals surface area contributed by atoms with Crippen LogP contribution in [0.3, 0.4) is 0 Å². The molecule has 1 N–H and O–H groups in total. The summed E-state index contributed by atoms with van der Waals surface area (Å²) in [6.07, 6.45) is -0.585.